The van der Waals surface area contributed by atoms with Crippen molar-refractivity contribution in [2.24, 2.45) is 0 Å². The van der Waals surface area contributed by atoms with E-state index in [1.165, 1.54) is 15.3 Å². The van der Waals surface area contributed by atoms with Crippen molar-refractivity contribution in [3.8, 4) is 0 Å². The number of aryl methyl sites for hydroxylation is 1. The molecule has 0 spiro atoms. The fourth-order valence-electron chi connectivity index (χ4n) is 1.61. The maximum atomic E-state index is 4.67. The number of aromatic nitrogens is 1. The van der Waals surface area contributed by atoms with Crippen LogP contribution in [-0.2, 0) is 6.54 Å². The fraction of sp³-hybridized carbons (Fsp3) is 0.462. The van der Waals surface area contributed by atoms with Gasteiger partial charge in [0, 0.05) is 12.6 Å². The zero-order chi connectivity index (χ0) is 11.5. The van der Waals surface area contributed by atoms with Crippen molar-refractivity contribution in [1.29, 1.82) is 0 Å². The van der Waals surface area contributed by atoms with Crippen LogP contribution in [0.4, 0.5) is 0 Å². The molecular weight excluding hydrogens is 216 g/mol. The van der Waals surface area contributed by atoms with Crippen molar-refractivity contribution < 1.29 is 0 Å². The van der Waals surface area contributed by atoms with Gasteiger partial charge in [0.25, 0.3) is 0 Å². The zero-order valence-corrected chi connectivity index (χ0v) is 10.9. The molecule has 0 saturated heterocycles. The van der Waals surface area contributed by atoms with Gasteiger partial charge in [0.1, 0.15) is 5.01 Å². The third-order valence-corrected chi connectivity index (χ3v) is 3.90. The molecule has 3 heteroatoms. The van der Waals surface area contributed by atoms with E-state index in [4.69, 9.17) is 0 Å². The lowest BCUT2D eigenvalue weighted by Crippen LogP contribution is -2.24. The Morgan fingerprint density at radius 2 is 2.25 bits per heavy atom. The number of nitrogens with zero attached hydrogens (tertiary/aromatic N) is 1. The second kappa shape index (κ2) is 4.93. The molecule has 1 aromatic carbocycles. The van der Waals surface area contributed by atoms with Gasteiger partial charge in [-0.15, -0.1) is 11.3 Å². The zero-order valence-electron chi connectivity index (χ0n) is 10.1. The lowest BCUT2D eigenvalue weighted by atomic mass is 10.2. The molecule has 0 amide bonds. The molecule has 1 heterocycles. The van der Waals surface area contributed by atoms with E-state index in [0.29, 0.717) is 6.04 Å². The first-order valence-corrected chi connectivity index (χ1v) is 6.60. The number of rotatable bonds is 4. The summed E-state index contributed by atoms with van der Waals surface area (Å²) in [6.07, 6.45) is 1.16. The Hall–Kier alpha value is -0.930. The normalized spacial score (nSPS) is 13.2. The van der Waals surface area contributed by atoms with Crippen molar-refractivity contribution in [3.05, 3.63) is 28.8 Å². The van der Waals surface area contributed by atoms with Crippen LogP contribution >= 0.6 is 11.3 Å². The predicted octanol–water partition coefficient (Wildman–Crippen LogP) is 3.49. The van der Waals surface area contributed by atoms with E-state index in [1.54, 1.807) is 11.3 Å². The van der Waals surface area contributed by atoms with Gasteiger partial charge < -0.3 is 5.32 Å². The molecule has 2 nitrogen and oxygen atoms in total. The predicted molar refractivity (Wildman–Crippen MR) is 70.9 cm³/mol. The Morgan fingerprint density at radius 3 is 2.94 bits per heavy atom. The molecule has 1 N–H and O–H groups in total. The summed E-state index contributed by atoms with van der Waals surface area (Å²) in [6, 6.07) is 6.93. The summed E-state index contributed by atoms with van der Waals surface area (Å²) in [5, 5.41) is 4.66. The van der Waals surface area contributed by atoms with Gasteiger partial charge >= 0.3 is 0 Å². The van der Waals surface area contributed by atoms with Crippen LogP contribution in [0.15, 0.2) is 18.2 Å². The summed E-state index contributed by atoms with van der Waals surface area (Å²) in [5.74, 6) is 0. The molecule has 0 radical (unpaired) electrons. The van der Waals surface area contributed by atoms with E-state index < -0.39 is 0 Å². The van der Waals surface area contributed by atoms with Crippen LogP contribution in [0.25, 0.3) is 10.2 Å². The number of hydrogen-bond donors (Lipinski definition) is 1. The first-order valence-electron chi connectivity index (χ1n) is 5.79. The van der Waals surface area contributed by atoms with Crippen LogP contribution in [0.5, 0.6) is 0 Å². The van der Waals surface area contributed by atoms with E-state index in [9.17, 15) is 0 Å². The second-order valence-electron chi connectivity index (χ2n) is 4.22. The number of para-hydroxylation sites is 1. The fourth-order valence-corrected chi connectivity index (χ4v) is 2.61. The Balaban J connectivity index is 2.17. The molecule has 1 unspecified atom stereocenters. The molecule has 16 heavy (non-hydrogen) atoms. The number of fused-ring (bicyclic) bond motifs is 1. The number of nitrogens with one attached hydrogen (secondary N) is 1. The largest absolute Gasteiger partial charge is 0.308 e. The van der Waals surface area contributed by atoms with Crippen LogP contribution in [0.3, 0.4) is 0 Å². The molecule has 2 aromatic rings. The minimum atomic E-state index is 0.563. The summed E-state index contributed by atoms with van der Waals surface area (Å²) >= 11 is 1.79. The van der Waals surface area contributed by atoms with E-state index in [-0.39, 0.29) is 0 Å². The third kappa shape index (κ3) is 2.42. The molecule has 0 aliphatic rings. The number of hydrogen-bond acceptors (Lipinski definition) is 3. The lowest BCUT2D eigenvalue weighted by molar-refractivity contribution is 0.533. The van der Waals surface area contributed by atoms with E-state index in [1.807, 2.05) is 0 Å². The average Bonchev–Trinajstić information content (AvgIpc) is 2.70. The molecule has 2 rings (SSSR count). The molecule has 0 aliphatic heterocycles. The van der Waals surface area contributed by atoms with Gasteiger partial charge in [-0.3, -0.25) is 0 Å². The average molecular weight is 234 g/mol. The summed E-state index contributed by atoms with van der Waals surface area (Å²) < 4.78 is 1.29. The van der Waals surface area contributed by atoms with Crippen molar-refractivity contribution >= 4 is 21.6 Å². The molecule has 86 valence electrons. The van der Waals surface area contributed by atoms with Gasteiger partial charge in [0.15, 0.2) is 0 Å². The number of benzene rings is 1. The number of thiazole rings is 1. The minimum absolute atomic E-state index is 0.563. The smallest absolute Gasteiger partial charge is 0.108 e. The maximum Gasteiger partial charge on any atom is 0.108 e. The Bertz CT molecular complexity index is 476. The van der Waals surface area contributed by atoms with Crippen LogP contribution < -0.4 is 5.32 Å². The van der Waals surface area contributed by atoms with Crippen molar-refractivity contribution in [3.63, 3.8) is 0 Å². The molecule has 0 fully saturated rings. The van der Waals surface area contributed by atoms with Crippen molar-refractivity contribution in [1.82, 2.24) is 10.3 Å². The quantitative estimate of drug-likeness (QED) is 0.876. The van der Waals surface area contributed by atoms with E-state index in [0.717, 1.165) is 18.5 Å². The Labute approximate surface area is 101 Å². The SMILES string of the molecule is CCC(C)NCc1nc2c(C)cccc2s1. The third-order valence-electron chi connectivity index (χ3n) is 2.88. The highest BCUT2D eigenvalue weighted by Crippen LogP contribution is 2.24. The van der Waals surface area contributed by atoms with Crippen LogP contribution in [0.2, 0.25) is 0 Å². The summed E-state index contributed by atoms with van der Waals surface area (Å²) in [4.78, 5) is 4.67. The lowest BCUT2D eigenvalue weighted by Gasteiger charge is -2.08. The molecule has 0 aliphatic carbocycles. The van der Waals surface area contributed by atoms with Gasteiger partial charge in [-0.2, -0.15) is 0 Å². The summed E-state index contributed by atoms with van der Waals surface area (Å²) in [6.45, 7) is 7.40. The maximum absolute atomic E-state index is 4.67. The van der Waals surface area contributed by atoms with Crippen LogP contribution in [0.1, 0.15) is 30.8 Å². The Kier molecular flexibility index (Phi) is 3.56. The van der Waals surface area contributed by atoms with E-state index in [2.05, 4.69) is 49.3 Å². The monoisotopic (exact) mass is 234 g/mol. The Morgan fingerprint density at radius 1 is 1.44 bits per heavy atom. The minimum Gasteiger partial charge on any atom is -0.308 e. The van der Waals surface area contributed by atoms with Gasteiger partial charge in [0.05, 0.1) is 10.2 Å². The van der Waals surface area contributed by atoms with Crippen molar-refractivity contribution in [2.45, 2.75) is 39.8 Å². The van der Waals surface area contributed by atoms with E-state index >= 15 is 0 Å². The van der Waals surface area contributed by atoms with Crippen LogP contribution in [0, 0.1) is 6.92 Å². The molecule has 0 bridgehead atoms. The molecule has 1 aromatic heterocycles. The highest BCUT2D eigenvalue weighted by Gasteiger charge is 2.06. The molecule has 1 atom stereocenters. The van der Waals surface area contributed by atoms with Gasteiger partial charge in [-0.1, -0.05) is 19.1 Å². The highest BCUT2D eigenvalue weighted by molar-refractivity contribution is 7.18. The first kappa shape index (κ1) is 11.6. The van der Waals surface area contributed by atoms with Gasteiger partial charge in [-0.25, -0.2) is 4.98 Å². The molecule has 0 saturated carbocycles. The van der Waals surface area contributed by atoms with Gasteiger partial charge in [0.2, 0.25) is 0 Å². The second-order valence-corrected chi connectivity index (χ2v) is 5.33. The van der Waals surface area contributed by atoms with Gasteiger partial charge in [-0.05, 0) is 31.9 Å². The summed E-state index contributed by atoms with van der Waals surface area (Å²) in [5.41, 5.74) is 2.43. The standard InChI is InChI=1S/C13H18N2S/c1-4-10(3)14-8-12-15-13-9(2)6-5-7-11(13)16-12/h5-7,10,14H,4,8H2,1-3H3. The highest BCUT2D eigenvalue weighted by atomic mass is 32.1. The first-order chi connectivity index (χ1) is 7.70. The topological polar surface area (TPSA) is 24.9 Å². The van der Waals surface area contributed by atoms with Crippen molar-refractivity contribution in [2.75, 3.05) is 0 Å². The summed E-state index contributed by atoms with van der Waals surface area (Å²) in [7, 11) is 0. The molecular formula is C13H18N2S. The van der Waals surface area contributed by atoms with Crippen LogP contribution in [-0.4, -0.2) is 11.0 Å².